The van der Waals surface area contributed by atoms with Gasteiger partial charge in [0, 0.05) is 34.4 Å². The van der Waals surface area contributed by atoms with Crippen LogP contribution in [0.5, 0.6) is 0 Å². The van der Waals surface area contributed by atoms with E-state index in [1.54, 1.807) is 30.3 Å². The number of fused-ring (bicyclic) bond motifs is 3. The van der Waals surface area contributed by atoms with Crippen molar-refractivity contribution in [3.63, 3.8) is 0 Å². The number of aromatic nitrogens is 1. The standard InChI is InChI=1S/C25H21N3O4/c1-28-21-10-6-5-9-18(21)19-13-16(11-12-22(19)28)14-20(25(32)26-15-23(29)30)27-24(31)17-7-3-2-4-8-17/h2-14H,15H2,1H3,(H,26,32)(H,27,31)(H,29,30)/p-1/b20-14-. The van der Waals surface area contributed by atoms with Crippen molar-refractivity contribution in [1.82, 2.24) is 15.2 Å². The van der Waals surface area contributed by atoms with Crippen molar-refractivity contribution in [3.8, 4) is 0 Å². The van der Waals surface area contributed by atoms with E-state index in [-0.39, 0.29) is 5.70 Å². The Morgan fingerprint density at radius 1 is 0.906 bits per heavy atom. The zero-order chi connectivity index (χ0) is 22.7. The quantitative estimate of drug-likeness (QED) is 0.460. The molecule has 0 aliphatic rings. The van der Waals surface area contributed by atoms with E-state index >= 15 is 0 Å². The minimum atomic E-state index is -1.43. The predicted octanol–water partition coefficient (Wildman–Crippen LogP) is 1.97. The molecule has 0 radical (unpaired) electrons. The molecule has 4 aromatic rings. The second-order valence-electron chi connectivity index (χ2n) is 7.29. The number of carbonyl (C=O) groups is 3. The van der Waals surface area contributed by atoms with Crippen LogP contribution in [-0.4, -0.2) is 28.9 Å². The van der Waals surface area contributed by atoms with E-state index in [4.69, 9.17) is 0 Å². The normalized spacial score (nSPS) is 11.5. The summed E-state index contributed by atoms with van der Waals surface area (Å²) < 4.78 is 2.09. The summed E-state index contributed by atoms with van der Waals surface area (Å²) >= 11 is 0. The van der Waals surface area contributed by atoms with Crippen molar-refractivity contribution in [2.45, 2.75) is 0 Å². The van der Waals surface area contributed by atoms with Gasteiger partial charge in [-0.3, -0.25) is 9.59 Å². The molecule has 0 saturated heterocycles. The summed E-state index contributed by atoms with van der Waals surface area (Å²) in [7, 11) is 1.99. The fraction of sp³-hybridized carbons (Fsp3) is 0.0800. The Morgan fingerprint density at radius 3 is 2.34 bits per heavy atom. The number of benzene rings is 3. The molecular formula is C25H20N3O4-. The highest BCUT2D eigenvalue weighted by molar-refractivity contribution is 6.09. The van der Waals surface area contributed by atoms with Crippen molar-refractivity contribution in [1.29, 1.82) is 0 Å². The third-order valence-electron chi connectivity index (χ3n) is 5.17. The predicted molar refractivity (Wildman–Crippen MR) is 120 cm³/mol. The number of aliphatic carboxylic acids is 1. The molecule has 0 unspecified atom stereocenters. The monoisotopic (exact) mass is 426 g/mol. The third kappa shape index (κ3) is 4.22. The van der Waals surface area contributed by atoms with Crippen LogP contribution in [0.15, 0.2) is 78.5 Å². The molecule has 1 heterocycles. The average Bonchev–Trinajstić information content (AvgIpc) is 3.09. The van der Waals surface area contributed by atoms with E-state index in [2.05, 4.69) is 15.2 Å². The van der Waals surface area contributed by atoms with Gasteiger partial charge in [-0.25, -0.2) is 0 Å². The lowest BCUT2D eigenvalue weighted by Crippen LogP contribution is -2.41. The highest BCUT2D eigenvalue weighted by Crippen LogP contribution is 2.29. The summed E-state index contributed by atoms with van der Waals surface area (Å²) in [5.41, 5.74) is 3.09. The first-order chi connectivity index (χ1) is 15.4. The van der Waals surface area contributed by atoms with Gasteiger partial charge in [-0.2, -0.15) is 0 Å². The molecular weight excluding hydrogens is 406 g/mol. The lowest BCUT2D eigenvalue weighted by molar-refractivity contribution is -0.303. The van der Waals surface area contributed by atoms with Crippen LogP contribution in [0.25, 0.3) is 27.9 Å². The number of hydrogen-bond donors (Lipinski definition) is 2. The molecule has 0 spiro atoms. The number of carbonyl (C=O) groups excluding carboxylic acids is 3. The lowest BCUT2D eigenvalue weighted by Gasteiger charge is -2.12. The number of carboxylic acid groups (broad SMARTS) is 1. The van der Waals surface area contributed by atoms with Crippen molar-refractivity contribution in [2.75, 3.05) is 6.54 Å². The minimum absolute atomic E-state index is 0.0697. The van der Waals surface area contributed by atoms with Crippen LogP contribution in [0.4, 0.5) is 0 Å². The summed E-state index contributed by atoms with van der Waals surface area (Å²) in [6.45, 7) is -0.667. The van der Waals surface area contributed by atoms with Gasteiger partial charge in [0.05, 0.1) is 12.5 Å². The first kappa shape index (κ1) is 20.9. The molecule has 2 amide bonds. The molecule has 160 valence electrons. The number of para-hydroxylation sites is 1. The van der Waals surface area contributed by atoms with Crippen LogP contribution in [0, 0.1) is 0 Å². The van der Waals surface area contributed by atoms with Crippen molar-refractivity contribution < 1.29 is 19.5 Å². The molecule has 32 heavy (non-hydrogen) atoms. The fourth-order valence-corrected chi connectivity index (χ4v) is 3.63. The Labute approximate surface area is 184 Å². The summed E-state index contributed by atoms with van der Waals surface area (Å²) in [6, 6.07) is 22.1. The highest BCUT2D eigenvalue weighted by Gasteiger charge is 2.15. The van der Waals surface area contributed by atoms with Gasteiger partial charge in [-0.1, -0.05) is 42.5 Å². The minimum Gasteiger partial charge on any atom is -0.548 e. The number of hydrogen-bond acceptors (Lipinski definition) is 4. The highest BCUT2D eigenvalue weighted by atomic mass is 16.4. The van der Waals surface area contributed by atoms with Gasteiger partial charge in [0.15, 0.2) is 0 Å². The van der Waals surface area contributed by atoms with Gasteiger partial charge in [0.25, 0.3) is 11.8 Å². The largest absolute Gasteiger partial charge is 0.548 e. The van der Waals surface area contributed by atoms with Gasteiger partial charge in [0.1, 0.15) is 5.70 Å². The molecule has 0 aliphatic heterocycles. The number of nitrogens with zero attached hydrogens (tertiary/aromatic N) is 1. The maximum absolute atomic E-state index is 12.6. The molecule has 0 bridgehead atoms. The summed E-state index contributed by atoms with van der Waals surface area (Å²) in [5, 5.41) is 17.7. The second-order valence-corrected chi connectivity index (χ2v) is 7.29. The smallest absolute Gasteiger partial charge is 0.268 e. The molecule has 0 atom stereocenters. The first-order valence-corrected chi connectivity index (χ1v) is 9.97. The molecule has 3 aromatic carbocycles. The van der Waals surface area contributed by atoms with Crippen LogP contribution in [0.3, 0.4) is 0 Å². The number of carboxylic acids is 1. The molecule has 1 aromatic heterocycles. The maximum atomic E-state index is 12.6. The zero-order valence-electron chi connectivity index (χ0n) is 17.3. The van der Waals surface area contributed by atoms with Gasteiger partial charge >= 0.3 is 0 Å². The Bertz CT molecular complexity index is 1370. The molecule has 7 nitrogen and oxygen atoms in total. The Balaban J connectivity index is 1.74. The number of rotatable bonds is 6. The Hall–Kier alpha value is -4.39. The number of nitrogens with one attached hydrogen (secondary N) is 2. The van der Waals surface area contributed by atoms with Crippen molar-refractivity contribution >= 4 is 45.7 Å². The van der Waals surface area contributed by atoms with E-state index in [0.717, 1.165) is 21.8 Å². The lowest BCUT2D eigenvalue weighted by atomic mass is 10.1. The second kappa shape index (κ2) is 8.77. The van der Waals surface area contributed by atoms with Crippen LogP contribution < -0.4 is 15.7 Å². The third-order valence-corrected chi connectivity index (χ3v) is 5.17. The van der Waals surface area contributed by atoms with E-state index in [0.29, 0.717) is 11.1 Å². The van der Waals surface area contributed by atoms with Crippen molar-refractivity contribution in [2.24, 2.45) is 7.05 Å². The fourth-order valence-electron chi connectivity index (χ4n) is 3.63. The Morgan fingerprint density at radius 2 is 1.59 bits per heavy atom. The first-order valence-electron chi connectivity index (χ1n) is 9.97. The molecule has 0 saturated carbocycles. The van der Waals surface area contributed by atoms with Gasteiger partial charge in [-0.05, 0) is 42.0 Å². The molecule has 4 rings (SSSR count). The van der Waals surface area contributed by atoms with Crippen LogP contribution in [0.1, 0.15) is 15.9 Å². The van der Waals surface area contributed by atoms with Crippen LogP contribution >= 0.6 is 0 Å². The summed E-state index contributed by atoms with van der Waals surface area (Å²) in [4.78, 5) is 36.0. The Kier molecular flexibility index (Phi) is 5.72. The van der Waals surface area contributed by atoms with Gasteiger partial charge < -0.3 is 25.1 Å². The summed E-state index contributed by atoms with van der Waals surface area (Å²) in [6.07, 6.45) is 1.52. The summed E-state index contributed by atoms with van der Waals surface area (Å²) in [5.74, 6) is -2.63. The topological polar surface area (TPSA) is 103 Å². The molecule has 0 fully saturated rings. The van der Waals surface area contributed by atoms with E-state index in [1.165, 1.54) is 6.08 Å². The van der Waals surface area contributed by atoms with Crippen LogP contribution in [-0.2, 0) is 16.6 Å². The number of aryl methyl sites for hydroxylation is 1. The number of amides is 2. The molecule has 2 N–H and O–H groups in total. The van der Waals surface area contributed by atoms with E-state index in [1.807, 2.05) is 49.5 Å². The van der Waals surface area contributed by atoms with Gasteiger partial charge in [0.2, 0.25) is 0 Å². The van der Waals surface area contributed by atoms with E-state index in [9.17, 15) is 19.5 Å². The molecule has 7 heteroatoms. The van der Waals surface area contributed by atoms with Gasteiger partial charge in [-0.15, -0.1) is 0 Å². The zero-order valence-corrected chi connectivity index (χ0v) is 17.3. The van der Waals surface area contributed by atoms with Crippen LogP contribution in [0.2, 0.25) is 0 Å². The molecule has 0 aliphatic carbocycles. The van der Waals surface area contributed by atoms with Crippen molar-refractivity contribution in [3.05, 3.63) is 89.6 Å². The van der Waals surface area contributed by atoms with E-state index < -0.39 is 24.3 Å². The maximum Gasteiger partial charge on any atom is 0.268 e. The SMILES string of the molecule is Cn1c2ccccc2c2cc(/C=C(\NC(=O)c3ccccc3)C(=O)NCC(=O)[O-])ccc21. The average molecular weight is 426 g/mol.